The minimum atomic E-state index is -0.636. The van der Waals surface area contributed by atoms with Gasteiger partial charge in [-0.3, -0.25) is 4.79 Å². The van der Waals surface area contributed by atoms with Crippen molar-refractivity contribution < 1.29 is 28.8 Å². The molecule has 1 aromatic carbocycles. The normalized spacial score (nSPS) is 15.5. The first kappa shape index (κ1) is 24.4. The van der Waals surface area contributed by atoms with Crippen LogP contribution in [0.5, 0.6) is 11.5 Å². The lowest BCUT2D eigenvalue weighted by atomic mass is 9.99. The predicted molar refractivity (Wildman–Crippen MR) is 114 cm³/mol. The van der Waals surface area contributed by atoms with E-state index in [1.807, 2.05) is 24.3 Å². The molecule has 0 aliphatic carbocycles. The van der Waals surface area contributed by atoms with Crippen LogP contribution in [-0.2, 0) is 14.3 Å². The van der Waals surface area contributed by atoms with E-state index in [0.717, 1.165) is 31.6 Å². The Morgan fingerprint density at radius 1 is 1.10 bits per heavy atom. The summed E-state index contributed by atoms with van der Waals surface area (Å²) in [5.41, 5.74) is 0. The highest BCUT2D eigenvalue weighted by Gasteiger charge is 2.20. The van der Waals surface area contributed by atoms with E-state index in [-0.39, 0.29) is 18.4 Å². The van der Waals surface area contributed by atoms with Crippen molar-refractivity contribution in [2.24, 2.45) is 5.92 Å². The molecule has 1 fully saturated rings. The molecule has 1 atom stereocenters. The molecule has 1 aliphatic heterocycles. The number of hydrogen-bond acceptors (Lipinski definition) is 7. The quantitative estimate of drug-likeness (QED) is 0.366. The zero-order chi connectivity index (χ0) is 21.4. The first-order chi connectivity index (χ1) is 14.7. The maximum Gasteiger partial charge on any atom is 0.223 e. The summed E-state index contributed by atoms with van der Waals surface area (Å²) >= 11 is 0. The zero-order valence-corrected chi connectivity index (χ0v) is 17.9. The number of rotatable bonds is 15. The fourth-order valence-electron chi connectivity index (χ4n) is 3.00. The molecule has 0 aromatic heterocycles. The third kappa shape index (κ3) is 10.2. The molecule has 8 nitrogen and oxygen atoms in total. The van der Waals surface area contributed by atoms with Crippen LogP contribution < -0.4 is 20.1 Å². The molecule has 1 aromatic rings. The number of hydrogen-bond donors (Lipinski definition) is 3. The first-order valence-corrected chi connectivity index (χ1v) is 10.9. The van der Waals surface area contributed by atoms with Crippen molar-refractivity contribution in [3.8, 4) is 11.5 Å². The number of aliphatic hydroxyl groups is 1. The highest BCUT2D eigenvalue weighted by molar-refractivity contribution is 5.78. The van der Waals surface area contributed by atoms with Gasteiger partial charge >= 0.3 is 0 Å². The minimum absolute atomic E-state index is 0.0592. The molecule has 0 unspecified atom stereocenters. The third-order valence-electron chi connectivity index (χ3n) is 4.68. The van der Waals surface area contributed by atoms with Crippen molar-refractivity contribution in [2.75, 3.05) is 59.3 Å². The number of amides is 1. The maximum atomic E-state index is 12.0. The van der Waals surface area contributed by atoms with E-state index in [1.165, 1.54) is 0 Å². The second-order valence-electron chi connectivity index (χ2n) is 7.28. The van der Waals surface area contributed by atoms with Crippen molar-refractivity contribution >= 4 is 5.91 Å². The summed E-state index contributed by atoms with van der Waals surface area (Å²) in [6.45, 7) is 6.94. The van der Waals surface area contributed by atoms with Gasteiger partial charge in [0.05, 0.1) is 6.61 Å². The summed E-state index contributed by atoms with van der Waals surface area (Å²) in [6.07, 6.45) is 1.94. The number of ether oxygens (including phenoxy) is 4. The molecule has 8 heteroatoms. The summed E-state index contributed by atoms with van der Waals surface area (Å²) in [4.78, 5) is 12.0. The summed E-state index contributed by atoms with van der Waals surface area (Å²) < 4.78 is 21.8. The Bertz CT molecular complexity index is 577. The molecule has 0 saturated carbocycles. The van der Waals surface area contributed by atoms with Crippen molar-refractivity contribution in [3.63, 3.8) is 0 Å². The average Bonchev–Trinajstić information content (AvgIpc) is 2.78. The smallest absolute Gasteiger partial charge is 0.223 e. The average molecular weight is 425 g/mol. The highest BCUT2D eigenvalue weighted by Crippen LogP contribution is 2.17. The third-order valence-corrected chi connectivity index (χ3v) is 4.68. The molecule has 0 radical (unpaired) electrons. The van der Waals surface area contributed by atoms with Crippen LogP contribution in [0.15, 0.2) is 24.3 Å². The summed E-state index contributed by atoms with van der Waals surface area (Å²) in [5.74, 6) is 1.58. The molecule has 30 heavy (non-hydrogen) atoms. The molecule has 0 bridgehead atoms. The van der Waals surface area contributed by atoms with Gasteiger partial charge in [0.25, 0.3) is 0 Å². The van der Waals surface area contributed by atoms with Crippen LogP contribution in [-0.4, -0.2) is 76.4 Å². The van der Waals surface area contributed by atoms with Crippen LogP contribution in [0.2, 0.25) is 0 Å². The summed E-state index contributed by atoms with van der Waals surface area (Å²) in [5, 5.41) is 16.1. The molecule has 1 heterocycles. The fraction of sp³-hybridized carbons (Fsp3) is 0.682. The van der Waals surface area contributed by atoms with Crippen molar-refractivity contribution in [2.45, 2.75) is 32.3 Å². The Morgan fingerprint density at radius 2 is 1.80 bits per heavy atom. The Balaban J connectivity index is 1.50. The lowest BCUT2D eigenvalue weighted by Crippen LogP contribution is -2.40. The van der Waals surface area contributed by atoms with Crippen LogP contribution in [0.25, 0.3) is 0 Å². The largest absolute Gasteiger partial charge is 0.491 e. The SMILES string of the molecule is CCCOCCOc1ccc(OC[C@@H](O)CNCCNC(=O)C2CCOCC2)cc1. The van der Waals surface area contributed by atoms with Gasteiger partial charge in [0.15, 0.2) is 0 Å². The van der Waals surface area contributed by atoms with Gasteiger partial charge < -0.3 is 34.7 Å². The van der Waals surface area contributed by atoms with Gasteiger partial charge in [0, 0.05) is 45.4 Å². The maximum absolute atomic E-state index is 12.0. The Kier molecular flexibility index (Phi) is 12.2. The van der Waals surface area contributed by atoms with Crippen molar-refractivity contribution in [1.29, 1.82) is 0 Å². The number of carbonyl (C=O) groups excluding carboxylic acids is 1. The summed E-state index contributed by atoms with van der Waals surface area (Å²) in [7, 11) is 0. The van der Waals surface area contributed by atoms with E-state index < -0.39 is 6.10 Å². The molecule has 3 N–H and O–H groups in total. The number of carbonyl (C=O) groups is 1. The second kappa shape index (κ2) is 15.0. The first-order valence-electron chi connectivity index (χ1n) is 10.9. The van der Waals surface area contributed by atoms with Gasteiger partial charge in [-0.2, -0.15) is 0 Å². The summed E-state index contributed by atoms with van der Waals surface area (Å²) in [6, 6.07) is 7.30. The van der Waals surface area contributed by atoms with E-state index in [4.69, 9.17) is 18.9 Å². The molecule has 170 valence electrons. The van der Waals surface area contributed by atoms with Crippen molar-refractivity contribution in [3.05, 3.63) is 24.3 Å². The van der Waals surface area contributed by atoms with Gasteiger partial charge in [-0.1, -0.05) is 6.92 Å². The standard InChI is InChI=1S/C22H36N2O6/c1-2-11-27-14-15-29-20-3-5-21(6-4-20)30-17-19(25)16-23-9-10-24-22(26)18-7-12-28-13-8-18/h3-6,18-19,23,25H,2,7-17H2,1H3,(H,24,26)/t19-/m0/s1. The Hall–Kier alpha value is -1.87. The highest BCUT2D eigenvalue weighted by atomic mass is 16.5. The molecule has 1 saturated heterocycles. The van der Waals surface area contributed by atoms with Gasteiger partial charge in [0.1, 0.15) is 30.8 Å². The molecular formula is C22H36N2O6. The predicted octanol–water partition coefficient (Wildman–Crippen LogP) is 1.36. The number of aliphatic hydroxyl groups excluding tert-OH is 1. The van der Waals surface area contributed by atoms with E-state index >= 15 is 0 Å². The Morgan fingerprint density at radius 3 is 2.50 bits per heavy atom. The topological polar surface area (TPSA) is 98.3 Å². The zero-order valence-electron chi connectivity index (χ0n) is 17.9. The van der Waals surface area contributed by atoms with E-state index in [0.29, 0.717) is 51.8 Å². The number of benzene rings is 1. The molecule has 1 amide bonds. The molecule has 0 spiro atoms. The van der Waals surface area contributed by atoms with Crippen LogP contribution in [0.1, 0.15) is 26.2 Å². The number of nitrogens with one attached hydrogen (secondary N) is 2. The minimum Gasteiger partial charge on any atom is -0.491 e. The van der Waals surface area contributed by atoms with Crippen LogP contribution in [0, 0.1) is 5.92 Å². The van der Waals surface area contributed by atoms with Gasteiger partial charge in [-0.15, -0.1) is 0 Å². The Labute approximate surface area is 179 Å². The van der Waals surface area contributed by atoms with Gasteiger partial charge in [-0.25, -0.2) is 0 Å². The van der Waals surface area contributed by atoms with E-state index in [1.54, 1.807) is 0 Å². The monoisotopic (exact) mass is 424 g/mol. The van der Waals surface area contributed by atoms with E-state index in [2.05, 4.69) is 17.6 Å². The molecule has 2 rings (SSSR count). The van der Waals surface area contributed by atoms with Crippen LogP contribution in [0.3, 0.4) is 0 Å². The van der Waals surface area contributed by atoms with Gasteiger partial charge in [-0.05, 0) is 43.5 Å². The van der Waals surface area contributed by atoms with Gasteiger partial charge in [0.2, 0.25) is 5.91 Å². The molecular weight excluding hydrogens is 388 g/mol. The lowest BCUT2D eigenvalue weighted by molar-refractivity contribution is -0.127. The molecule has 1 aliphatic rings. The van der Waals surface area contributed by atoms with Crippen LogP contribution in [0.4, 0.5) is 0 Å². The second-order valence-corrected chi connectivity index (χ2v) is 7.28. The van der Waals surface area contributed by atoms with Crippen LogP contribution >= 0.6 is 0 Å². The van der Waals surface area contributed by atoms with E-state index in [9.17, 15) is 9.90 Å². The fourth-order valence-corrected chi connectivity index (χ4v) is 3.00. The van der Waals surface area contributed by atoms with Crippen molar-refractivity contribution in [1.82, 2.24) is 10.6 Å². The lowest BCUT2D eigenvalue weighted by Gasteiger charge is -2.21.